The lowest BCUT2D eigenvalue weighted by molar-refractivity contribution is 0.0987. The highest BCUT2D eigenvalue weighted by molar-refractivity contribution is 5.95. The van der Waals surface area contributed by atoms with Gasteiger partial charge in [-0.05, 0) is 31.5 Å². The van der Waals surface area contributed by atoms with Gasteiger partial charge in [-0.25, -0.2) is 0 Å². The van der Waals surface area contributed by atoms with Crippen molar-refractivity contribution in [3.8, 4) is 0 Å². The fraction of sp³-hybridized carbons (Fsp3) is 0.357. The van der Waals surface area contributed by atoms with Crippen molar-refractivity contribution in [2.24, 2.45) is 0 Å². The minimum Gasteiger partial charge on any atom is -0.397 e. The van der Waals surface area contributed by atoms with Crippen LogP contribution in [0.3, 0.4) is 0 Å². The van der Waals surface area contributed by atoms with Crippen molar-refractivity contribution in [3.05, 3.63) is 42.0 Å². The summed E-state index contributed by atoms with van der Waals surface area (Å²) in [5.74, 6) is -0.0469. The topological polar surface area (TPSA) is 73.8 Å². The number of hydrogen-bond donors (Lipinski definition) is 1. The Balaban J connectivity index is 2.06. The molecular formula is C14H18N4O. The van der Waals surface area contributed by atoms with Crippen LogP contribution in [0.1, 0.15) is 42.5 Å². The Morgan fingerprint density at radius 3 is 2.84 bits per heavy atom. The number of nitrogens with two attached hydrogens (primary N) is 1. The Morgan fingerprint density at radius 1 is 1.42 bits per heavy atom. The van der Waals surface area contributed by atoms with Crippen LogP contribution in [0.2, 0.25) is 0 Å². The summed E-state index contributed by atoms with van der Waals surface area (Å²) in [6.45, 7) is 4.20. The van der Waals surface area contributed by atoms with Gasteiger partial charge in [0.15, 0.2) is 5.78 Å². The molecule has 0 fully saturated rings. The highest BCUT2D eigenvalue weighted by Crippen LogP contribution is 2.11. The van der Waals surface area contributed by atoms with Gasteiger partial charge in [0.05, 0.1) is 24.0 Å². The summed E-state index contributed by atoms with van der Waals surface area (Å²) in [5.41, 5.74) is 7.29. The van der Waals surface area contributed by atoms with E-state index < -0.39 is 0 Å². The molecule has 0 aliphatic heterocycles. The monoisotopic (exact) mass is 258 g/mol. The van der Waals surface area contributed by atoms with Crippen LogP contribution in [0.5, 0.6) is 0 Å². The molecule has 0 radical (unpaired) electrons. The molecule has 0 saturated heterocycles. The molecular weight excluding hydrogens is 240 g/mol. The predicted octanol–water partition coefficient (Wildman–Crippen LogP) is 2.26. The van der Waals surface area contributed by atoms with Crippen LogP contribution < -0.4 is 5.73 Å². The van der Waals surface area contributed by atoms with Gasteiger partial charge in [-0.3, -0.25) is 14.5 Å². The summed E-state index contributed by atoms with van der Waals surface area (Å²) in [5, 5.41) is 4.41. The smallest absolute Gasteiger partial charge is 0.187 e. The fourth-order valence-electron chi connectivity index (χ4n) is 1.73. The highest BCUT2D eigenvalue weighted by Gasteiger charge is 2.11. The molecule has 0 aromatic carbocycles. The molecule has 0 spiro atoms. The third-order valence-corrected chi connectivity index (χ3v) is 3.12. The van der Waals surface area contributed by atoms with E-state index >= 15 is 0 Å². The molecule has 2 heterocycles. The molecule has 2 aromatic rings. The third kappa shape index (κ3) is 3.19. The summed E-state index contributed by atoms with van der Waals surface area (Å²) in [6.07, 6.45) is 4.67. The van der Waals surface area contributed by atoms with Gasteiger partial charge >= 0.3 is 0 Å². The average Bonchev–Trinajstić information content (AvgIpc) is 2.87. The summed E-state index contributed by atoms with van der Waals surface area (Å²) >= 11 is 0. The molecule has 2 N–H and O–H groups in total. The van der Waals surface area contributed by atoms with Crippen molar-refractivity contribution >= 4 is 11.5 Å². The van der Waals surface area contributed by atoms with Crippen LogP contribution in [0.15, 0.2) is 30.6 Å². The SMILES string of the molecule is CCC(C)n1ccc(CC(=O)c2ccc(N)cn2)n1. The molecule has 5 nitrogen and oxygen atoms in total. The predicted molar refractivity (Wildman–Crippen MR) is 73.9 cm³/mol. The first-order valence-corrected chi connectivity index (χ1v) is 6.39. The van der Waals surface area contributed by atoms with Crippen LogP contribution in [0.25, 0.3) is 0 Å². The summed E-state index contributed by atoms with van der Waals surface area (Å²) < 4.78 is 1.89. The highest BCUT2D eigenvalue weighted by atomic mass is 16.1. The van der Waals surface area contributed by atoms with Gasteiger partial charge in [-0.2, -0.15) is 5.10 Å². The Labute approximate surface area is 112 Å². The molecule has 5 heteroatoms. The molecule has 0 amide bonds. The van der Waals surface area contributed by atoms with Crippen molar-refractivity contribution in [1.82, 2.24) is 14.8 Å². The molecule has 2 rings (SSSR count). The number of anilines is 1. The molecule has 1 atom stereocenters. The fourth-order valence-corrected chi connectivity index (χ4v) is 1.73. The van der Waals surface area contributed by atoms with E-state index in [4.69, 9.17) is 5.73 Å². The maximum Gasteiger partial charge on any atom is 0.187 e. The Morgan fingerprint density at radius 2 is 2.21 bits per heavy atom. The Kier molecular flexibility index (Phi) is 3.94. The molecule has 0 bridgehead atoms. The minimum absolute atomic E-state index is 0.0469. The van der Waals surface area contributed by atoms with E-state index in [2.05, 4.69) is 23.9 Å². The lowest BCUT2D eigenvalue weighted by Crippen LogP contribution is -2.09. The molecule has 0 aliphatic carbocycles. The second-order valence-corrected chi connectivity index (χ2v) is 4.62. The second-order valence-electron chi connectivity index (χ2n) is 4.62. The Bertz CT molecular complexity index is 559. The van der Waals surface area contributed by atoms with Gasteiger partial charge in [0.25, 0.3) is 0 Å². The zero-order valence-corrected chi connectivity index (χ0v) is 11.2. The molecule has 2 aromatic heterocycles. The van der Waals surface area contributed by atoms with Gasteiger partial charge in [0, 0.05) is 12.2 Å². The van der Waals surface area contributed by atoms with E-state index in [0.717, 1.165) is 12.1 Å². The number of nitrogens with zero attached hydrogens (tertiary/aromatic N) is 3. The Hall–Kier alpha value is -2.17. The molecule has 0 aliphatic rings. The number of carbonyl (C=O) groups is 1. The second kappa shape index (κ2) is 5.65. The quantitative estimate of drug-likeness (QED) is 0.835. The summed E-state index contributed by atoms with van der Waals surface area (Å²) in [7, 11) is 0. The minimum atomic E-state index is -0.0469. The van der Waals surface area contributed by atoms with Gasteiger partial charge in [-0.1, -0.05) is 6.92 Å². The number of ketones is 1. The first-order chi connectivity index (χ1) is 9.10. The van der Waals surface area contributed by atoms with E-state index in [1.165, 1.54) is 6.20 Å². The number of aromatic nitrogens is 3. The molecule has 1 unspecified atom stereocenters. The van der Waals surface area contributed by atoms with Crippen molar-refractivity contribution < 1.29 is 4.79 Å². The van der Waals surface area contributed by atoms with E-state index in [-0.39, 0.29) is 12.2 Å². The van der Waals surface area contributed by atoms with E-state index in [0.29, 0.717) is 17.4 Å². The van der Waals surface area contributed by atoms with Crippen molar-refractivity contribution in [1.29, 1.82) is 0 Å². The number of carbonyl (C=O) groups excluding carboxylic acids is 1. The molecule has 0 saturated carbocycles. The van der Waals surface area contributed by atoms with Crippen molar-refractivity contribution in [3.63, 3.8) is 0 Å². The van der Waals surface area contributed by atoms with Crippen LogP contribution in [-0.2, 0) is 6.42 Å². The number of pyridine rings is 1. The van der Waals surface area contributed by atoms with E-state index in [9.17, 15) is 4.79 Å². The lowest BCUT2D eigenvalue weighted by Gasteiger charge is -2.07. The van der Waals surface area contributed by atoms with Gasteiger partial charge in [-0.15, -0.1) is 0 Å². The van der Waals surface area contributed by atoms with Gasteiger partial charge < -0.3 is 5.73 Å². The average molecular weight is 258 g/mol. The number of rotatable bonds is 5. The van der Waals surface area contributed by atoms with E-state index in [1.54, 1.807) is 12.1 Å². The normalized spacial score (nSPS) is 12.3. The zero-order valence-electron chi connectivity index (χ0n) is 11.2. The number of hydrogen-bond acceptors (Lipinski definition) is 4. The van der Waals surface area contributed by atoms with Crippen LogP contribution in [0.4, 0.5) is 5.69 Å². The number of Topliss-reactive ketones (excluding diaryl/α,β-unsaturated/α-hetero) is 1. The van der Waals surface area contributed by atoms with Crippen LogP contribution in [0, 0.1) is 0 Å². The van der Waals surface area contributed by atoms with Crippen molar-refractivity contribution in [2.45, 2.75) is 32.7 Å². The van der Waals surface area contributed by atoms with Crippen LogP contribution >= 0.6 is 0 Å². The molecule has 19 heavy (non-hydrogen) atoms. The van der Waals surface area contributed by atoms with Crippen molar-refractivity contribution in [2.75, 3.05) is 5.73 Å². The number of nitrogen functional groups attached to an aromatic ring is 1. The third-order valence-electron chi connectivity index (χ3n) is 3.12. The van der Waals surface area contributed by atoms with Gasteiger partial charge in [0.1, 0.15) is 5.69 Å². The van der Waals surface area contributed by atoms with Crippen LogP contribution in [-0.4, -0.2) is 20.5 Å². The first-order valence-electron chi connectivity index (χ1n) is 6.39. The van der Waals surface area contributed by atoms with E-state index in [1.807, 2.05) is 16.9 Å². The first kappa shape index (κ1) is 13.3. The molecule has 100 valence electrons. The maximum absolute atomic E-state index is 12.0. The summed E-state index contributed by atoms with van der Waals surface area (Å²) in [4.78, 5) is 16.0. The largest absolute Gasteiger partial charge is 0.397 e. The zero-order chi connectivity index (χ0) is 13.8. The summed E-state index contributed by atoms with van der Waals surface area (Å²) in [6, 6.07) is 5.54. The van der Waals surface area contributed by atoms with Gasteiger partial charge in [0.2, 0.25) is 0 Å². The lowest BCUT2D eigenvalue weighted by atomic mass is 10.1. The standard InChI is InChI=1S/C14H18N4O/c1-3-10(2)18-7-6-12(17-18)8-14(19)13-5-4-11(15)9-16-13/h4-7,9-10H,3,8,15H2,1-2H3. The maximum atomic E-state index is 12.0.